The molecule has 0 fully saturated rings. The second kappa shape index (κ2) is 7.32. The van der Waals surface area contributed by atoms with E-state index >= 15 is 0 Å². The summed E-state index contributed by atoms with van der Waals surface area (Å²) in [6.45, 7) is 10.0. The van der Waals surface area contributed by atoms with E-state index < -0.39 is 0 Å². The van der Waals surface area contributed by atoms with Crippen LogP contribution in [0.4, 0.5) is 0 Å². The van der Waals surface area contributed by atoms with Crippen molar-refractivity contribution in [1.29, 1.82) is 0 Å². The molecule has 1 atom stereocenters. The lowest BCUT2D eigenvalue weighted by Crippen LogP contribution is -2.19. The SMILES string of the molecule is CC(=O)O[C@@H]1CC(=C(C)C)C/C=C(\C)CC/C=C\1C. The van der Waals surface area contributed by atoms with Gasteiger partial charge in [0.1, 0.15) is 6.10 Å². The van der Waals surface area contributed by atoms with E-state index in [1.165, 1.54) is 29.2 Å². The molecule has 0 aliphatic heterocycles. The zero-order chi connectivity index (χ0) is 14.4. The van der Waals surface area contributed by atoms with Crippen LogP contribution in [0.5, 0.6) is 0 Å². The maximum atomic E-state index is 11.3. The van der Waals surface area contributed by atoms with Crippen molar-refractivity contribution in [2.24, 2.45) is 0 Å². The van der Waals surface area contributed by atoms with Gasteiger partial charge in [0.25, 0.3) is 0 Å². The van der Waals surface area contributed by atoms with Crippen LogP contribution >= 0.6 is 0 Å². The molecule has 0 aromatic carbocycles. The summed E-state index contributed by atoms with van der Waals surface area (Å²) in [6.07, 6.45) is 8.30. The predicted octanol–water partition coefficient (Wildman–Crippen LogP) is 4.72. The fraction of sp³-hybridized carbons (Fsp3) is 0.588. The van der Waals surface area contributed by atoms with Crippen molar-refractivity contribution in [3.05, 3.63) is 34.4 Å². The number of carbonyl (C=O) groups excluding carboxylic acids is 1. The molecular formula is C17H26O2. The topological polar surface area (TPSA) is 26.3 Å². The van der Waals surface area contributed by atoms with Gasteiger partial charge in [-0.25, -0.2) is 0 Å². The molecule has 106 valence electrons. The summed E-state index contributed by atoms with van der Waals surface area (Å²) < 4.78 is 5.48. The maximum absolute atomic E-state index is 11.3. The normalized spacial score (nSPS) is 26.8. The molecule has 2 nitrogen and oxygen atoms in total. The number of hydrogen-bond acceptors (Lipinski definition) is 2. The number of ether oxygens (including phenoxy) is 1. The predicted molar refractivity (Wildman–Crippen MR) is 79.9 cm³/mol. The third-order valence-electron chi connectivity index (χ3n) is 3.66. The highest BCUT2D eigenvalue weighted by Crippen LogP contribution is 2.25. The number of rotatable bonds is 1. The average molecular weight is 262 g/mol. The van der Waals surface area contributed by atoms with E-state index in [1.54, 1.807) is 0 Å². The lowest BCUT2D eigenvalue weighted by atomic mass is 9.93. The molecule has 0 heterocycles. The van der Waals surface area contributed by atoms with Crippen LogP contribution in [-0.2, 0) is 9.53 Å². The summed E-state index contributed by atoms with van der Waals surface area (Å²) in [5.41, 5.74) is 5.31. The van der Waals surface area contributed by atoms with Crippen LogP contribution < -0.4 is 0 Å². The Labute approximate surface area is 117 Å². The van der Waals surface area contributed by atoms with E-state index in [9.17, 15) is 4.79 Å². The molecule has 0 saturated carbocycles. The highest BCUT2D eigenvalue weighted by molar-refractivity contribution is 5.66. The van der Waals surface area contributed by atoms with Gasteiger partial charge in [0.05, 0.1) is 0 Å². The van der Waals surface area contributed by atoms with Crippen molar-refractivity contribution in [2.75, 3.05) is 0 Å². The third kappa shape index (κ3) is 5.46. The largest absolute Gasteiger partial charge is 0.458 e. The molecule has 1 aliphatic rings. The van der Waals surface area contributed by atoms with Crippen LogP contribution in [0.15, 0.2) is 34.4 Å². The van der Waals surface area contributed by atoms with E-state index in [0.29, 0.717) is 0 Å². The van der Waals surface area contributed by atoms with E-state index in [4.69, 9.17) is 4.74 Å². The van der Waals surface area contributed by atoms with Crippen molar-refractivity contribution >= 4 is 5.97 Å². The van der Waals surface area contributed by atoms with Crippen molar-refractivity contribution < 1.29 is 9.53 Å². The number of esters is 1. The Morgan fingerprint density at radius 3 is 2.47 bits per heavy atom. The molecule has 0 saturated heterocycles. The smallest absolute Gasteiger partial charge is 0.303 e. The Morgan fingerprint density at radius 2 is 1.89 bits per heavy atom. The first-order valence-corrected chi connectivity index (χ1v) is 7.05. The zero-order valence-electron chi connectivity index (χ0n) is 12.9. The number of carbonyl (C=O) groups is 1. The Balaban J connectivity index is 3.01. The second-order valence-electron chi connectivity index (χ2n) is 5.65. The van der Waals surface area contributed by atoms with Gasteiger partial charge in [-0.3, -0.25) is 4.79 Å². The Bertz CT molecular complexity index is 421. The third-order valence-corrected chi connectivity index (χ3v) is 3.66. The van der Waals surface area contributed by atoms with Gasteiger partial charge in [-0.2, -0.15) is 0 Å². The van der Waals surface area contributed by atoms with Gasteiger partial charge in [-0.1, -0.05) is 28.9 Å². The van der Waals surface area contributed by atoms with Crippen LogP contribution in [0.25, 0.3) is 0 Å². The molecule has 0 bridgehead atoms. The molecule has 0 amide bonds. The molecular weight excluding hydrogens is 236 g/mol. The minimum absolute atomic E-state index is 0.103. The lowest BCUT2D eigenvalue weighted by molar-refractivity contribution is -0.144. The molecule has 2 heteroatoms. The minimum atomic E-state index is -0.199. The summed E-state index contributed by atoms with van der Waals surface area (Å²) in [4.78, 5) is 11.3. The zero-order valence-corrected chi connectivity index (χ0v) is 12.9. The van der Waals surface area contributed by atoms with Gasteiger partial charge < -0.3 is 4.74 Å². The van der Waals surface area contributed by atoms with Crippen molar-refractivity contribution in [3.8, 4) is 0 Å². The molecule has 19 heavy (non-hydrogen) atoms. The van der Waals surface area contributed by atoms with Crippen LogP contribution in [0.3, 0.4) is 0 Å². The minimum Gasteiger partial charge on any atom is -0.458 e. The summed E-state index contributed by atoms with van der Waals surface area (Å²) in [6, 6.07) is 0. The maximum Gasteiger partial charge on any atom is 0.303 e. The summed E-state index contributed by atoms with van der Waals surface area (Å²) in [5.74, 6) is -0.199. The standard InChI is InChI=1S/C17H26O2/c1-12(2)16-10-9-13(3)7-6-8-14(4)17(11-16)19-15(5)18/h8-9,17H,6-7,10-11H2,1-5H3/b13-9+,14-8-/t17-/m1/s1. The highest BCUT2D eigenvalue weighted by Gasteiger charge is 2.17. The molecule has 0 aromatic heterocycles. The first kappa shape index (κ1) is 15.7. The van der Waals surface area contributed by atoms with Gasteiger partial charge in [0, 0.05) is 13.3 Å². The van der Waals surface area contributed by atoms with Gasteiger partial charge in [0.15, 0.2) is 0 Å². The van der Waals surface area contributed by atoms with Crippen LogP contribution in [0.2, 0.25) is 0 Å². The van der Waals surface area contributed by atoms with E-state index in [0.717, 1.165) is 25.7 Å². The lowest BCUT2D eigenvalue weighted by Gasteiger charge is -2.21. The van der Waals surface area contributed by atoms with Gasteiger partial charge >= 0.3 is 5.97 Å². The average Bonchev–Trinajstić information content (AvgIpc) is 2.31. The quantitative estimate of drug-likeness (QED) is 0.505. The Kier molecular flexibility index (Phi) is 6.07. The Morgan fingerprint density at radius 1 is 1.21 bits per heavy atom. The molecule has 1 aliphatic carbocycles. The monoisotopic (exact) mass is 262 g/mol. The van der Waals surface area contributed by atoms with E-state index in [2.05, 4.69) is 39.8 Å². The fourth-order valence-electron chi connectivity index (χ4n) is 2.27. The first-order chi connectivity index (χ1) is 8.90. The summed E-state index contributed by atoms with van der Waals surface area (Å²) >= 11 is 0. The van der Waals surface area contributed by atoms with Crippen LogP contribution in [0, 0.1) is 0 Å². The molecule has 0 aromatic rings. The molecule has 0 N–H and O–H groups in total. The van der Waals surface area contributed by atoms with Crippen LogP contribution in [-0.4, -0.2) is 12.1 Å². The summed E-state index contributed by atoms with van der Waals surface area (Å²) in [5, 5.41) is 0. The van der Waals surface area contributed by atoms with Gasteiger partial charge in [-0.15, -0.1) is 0 Å². The van der Waals surface area contributed by atoms with E-state index in [1.807, 2.05) is 0 Å². The first-order valence-electron chi connectivity index (χ1n) is 7.05. The van der Waals surface area contributed by atoms with Crippen molar-refractivity contribution in [1.82, 2.24) is 0 Å². The Hall–Kier alpha value is -1.31. The number of hydrogen-bond donors (Lipinski definition) is 0. The molecule has 0 radical (unpaired) electrons. The molecule has 1 rings (SSSR count). The summed E-state index contributed by atoms with van der Waals surface area (Å²) in [7, 11) is 0. The number of allylic oxidation sites excluding steroid dienone is 4. The highest BCUT2D eigenvalue weighted by atomic mass is 16.5. The van der Waals surface area contributed by atoms with Gasteiger partial charge in [0.2, 0.25) is 0 Å². The van der Waals surface area contributed by atoms with E-state index in [-0.39, 0.29) is 12.1 Å². The molecule has 0 unspecified atom stereocenters. The van der Waals surface area contributed by atoms with Crippen LogP contribution in [0.1, 0.15) is 60.3 Å². The van der Waals surface area contributed by atoms with Crippen molar-refractivity contribution in [2.45, 2.75) is 66.4 Å². The van der Waals surface area contributed by atoms with Gasteiger partial charge in [-0.05, 0) is 52.5 Å². The fourth-order valence-corrected chi connectivity index (χ4v) is 2.27. The van der Waals surface area contributed by atoms with Crippen molar-refractivity contribution in [3.63, 3.8) is 0 Å². The molecule has 0 spiro atoms. The second-order valence-corrected chi connectivity index (χ2v) is 5.65.